The van der Waals surface area contributed by atoms with Crippen molar-refractivity contribution < 1.29 is 14.3 Å². The zero-order chi connectivity index (χ0) is 16.4. The van der Waals surface area contributed by atoms with Crippen molar-refractivity contribution in [3.63, 3.8) is 0 Å². The van der Waals surface area contributed by atoms with E-state index in [9.17, 15) is 4.79 Å². The third-order valence-electron chi connectivity index (χ3n) is 3.40. The molecule has 1 N–H and O–H groups in total. The maximum Gasteiger partial charge on any atom is 0.224 e. The highest BCUT2D eigenvalue weighted by Crippen LogP contribution is 2.28. The van der Waals surface area contributed by atoms with Crippen molar-refractivity contribution in [2.45, 2.75) is 33.1 Å². The van der Waals surface area contributed by atoms with Crippen molar-refractivity contribution in [1.29, 1.82) is 0 Å². The molecule has 0 aromatic heterocycles. The summed E-state index contributed by atoms with van der Waals surface area (Å²) in [5.41, 5.74) is 0.840. The summed E-state index contributed by atoms with van der Waals surface area (Å²) < 4.78 is 10.5. The van der Waals surface area contributed by atoms with Gasteiger partial charge in [-0.1, -0.05) is 13.8 Å². The zero-order valence-electron chi connectivity index (χ0n) is 14.1. The molecule has 0 fully saturated rings. The molecule has 0 aliphatic carbocycles. The Hall–Kier alpha value is -1.91. The SMILES string of the molecule is CCCN(CCC)C(=O)CCNc1cc(OC)ccc1OC. The standard InChI is InChI=1S/C17H28N2O3/c1-5-11-19(12-6-2)17(20)9-10-18-15-13-14(21-3)7-8-16(15)22-4/h7-8,13,18H,5-6,9-12H2,1-4H3. The van der Waals surface area contributed by atoms with E-state index in [0.29, 0.717) is 13.0 Å². The zero-order valence-corrected chi connectivity index (χ0v) is 14.1. The Kier molecular flexibility index (Phi) is 8.18. The Balaban J connectivity index is 2.57. The first-order chi connectivity index (χ1) is 10.7. The van der Waals surface area contributed by atoms with Crippen molar-refractivity contribution in [2.75, 3.05) is 39.2 Å². The molecule has 22 heavy (non-hydrogen) atoms. The molecule has 0 radical (unpaired) electrons. The summed E-state index contributed by atoms with van der Waals surface area (Å²) in [7, 11) is 3.25. The van der Waals surface area contributed by atoms with Gasteiger partial charge in [0.2, 0.25) is 5.91 Å². The number of benzene rings is 1. The molecular formula is C17H28N2O3. The molecule has 0 spiro atoms. The molecule has 5 nitrogen and oxygen atoms in total. The number of amides is 1. The lowest BCUT2D eigenvalue weighted by molar-refractivity contribution is -0.131. The van der Waals surface area contributed by atoms with Gasteiger partial charge in [0.1, 0.15) is 11.5 Å². The summed E-state index contributed by atoms with van der Waals surface area (Å²) in [6.07, 6.45) is 2.45. The summed E-state index contributed by atoms with van der Waals surface area (Å²) >= 11 is 0. The van der Waals surface area contributed by atoms with Crippen LogP contribution in [0.15, 0.2) is 18.2 Å². The minimum absolute atomic E-state index is 0.193. The van der Waals surface area contributed by atoms with Crippen molar-refractivity contribution in [3.05, 3.63) is 18.2 Å². The summed E-state index contributed by atoms with van der Waals surface area (Å²) in [6.45, 7) is 6.42. The van der Waals surface area contributed by atoms with Gasteiger partial charge in [0.25, 0.3) is 0 Å². The third-order valence-corrected chi connectivity index (χ3v) is 3.40. The highest BCUT2D eigenvalue weighted by atomic mass is 16.5. The van der Waals surface area contributed by atoms with E-state index < -0.39 is 0 Å². The van der Waals surface area contributed by atoms with Crippen molar-refractivity contribution in [2.24, 2.45) is 0 Å². The first-order valence-electron chi connectivity index (χ1n) is 7.89. The van der Waals surface area contributed by atoms with Crippen molar-refractivity contribution >= 4 is 11.6 Å². The van der Waals surface area contributed by atoms with Gasteiger partial charge in [0, 0.05) is 32.1 Å². The summed E-state index contributed by atoms with van der Waals surface area (Å²) in [6, 6.07) is 5.57. The average molecular weight is 308 g/mol. The smallest absolute Gasteiger partial charge is 0.224 e. The lowest BCUT2D eigenvalue weighted by Gasteiger charge is -2.21. The number of rotatable bonds is 10. The van der Waals surface area contributed by atoms with Crippen LogP contribution in [-0.4, -0.2) is 44.7 Å². The number of carbonyl (C=O) groups is 1. The predicted octanol–water partition coefficient (Wildman–Crippen LogP) is 3.15. The van der Waals surface area contributed by atoms with Crippen LogP contribution in [0.2, 0.25) is 0 Å². The van der Waals surface area contributed by atoms with Crippen molar-refractivity contribution in [3.8, 4) is 11.5 Å². The van der Waals surface area contributed by atoms with E-state index in [1.807, 2.05) is 23.1 Å². The topological polar surface area (TPSA) is 50.8 Å². The van der Waals surface area contributed by atoms with Crippen LogP contribution in [0.5, 0.6) is 11.5 Å². The first-order valence-corrected chi connectivity index (χ1v) is 7.89. The van der Waals surface area contributed by atoms with E-state index in [1.54, 1.807) is 14.2 Å². The van der Waals surface area contributed by atoms with E-state index in [0.717, 1.165) is 43.1 Å². The predicted molar refractivity (Wildman–Crippen MR) is 89.8 cm³/mol. The molecule has 0 bridgehead atoms. The summed E-state index contributed by atoms with van der Waals surface area (Å²) in [5.74, 6) is 1.69. The van der Waals surface area contributed by atoms with E-state index in [2.05, 4.69) is 19.2 Å². The second kappa shape index (κ2) is 9.92. The number of hydrogen-bond donors (Lipinski definition) is 1. The van der Waals surface area contributed by atoms with Crippen LogP contribution >= 0.6 is 0 Å². The molecule has 0 heterocycles. The van der Waals surface area contributed by atoms with E-state index in [4.69, 9.17) is 9.47 Å². The maximum absolute atomic E-state index is 12.2. The number of nitrogens with zero attached hydrogens (tertiary/aromatic N) is 1. The highest BCUT2D eigenvalue weighted by Gasteiger charge is 2.12. The van der Waals surface area contributed by atoms with Gasteiger partial charge in [0.05, 0.1) is 19.9 Å². The fourth-order valence-corrected chi connectivity index (χ4v) is 2.32. The second-order valence-corrected chi connectivity index (χ2v) is 5.12. The van der Waals surface area contributed by atoms with Crippen LogP contribution < -0.4 is 14.8 Å². The van der Waals surface area contributed by atoms with Gasteiger partial charge in [-0.2, -0.15) is 0 Å². The molecule has 0 aliphatic heterocycles. The Morgan fingerprint density at radius 1 is 1.14 bits per heavy atom. The van der Waals surface area contributed by atoms with Gasteiger partial charge in [-0.25, -0.2) is 0 Å². The molecule has 1 aromatic rings. The minimum Gasteiger partial charge on any atom is -0.497 e. The molecule has 124 valence electrons. The molecule has 0 saturated carbocycles. The van der Waals surface area contributed by atoms with Crippen LogP contribution in [0.4, 0.5) is 5.69 Å². The van der Waals surface area contributed by atoms with Gasteiger partial charge in [0.15, 0.2) is 0 Å². The van der Waals surface area contributed by atoms with Gasteiger partial charge in [-0.15, -0.1) is 0 Å². The summed E-state index contributed by atoms with van der Waals surface area (Å²) in [4.78, 5) is 14.2. The Labute approximate surface area is 133 Å². The van der Waals surface area contributed by atoms with Crippen LogP contribution in [-0.2, 0) is 4.79 Å². The number of nitrogens with one attached hydrogen (secondary N) is 1. The lowest BCUT2D eigenvalue weighted by Crippen LogP contribution is -2.33. The van der Waals surface area contributed by atoms with Gasteiger partial charge >= 0.3 is 0 Å². The molecule has 0 atom stereocenters. The quantitative estimate of drug-likeness (QED) is 0.721. The van der Waals surface area contributed by atoms with Crippen LogP contribution in [0.25, 0.3) is 0 Å². The van der Waals surface area contributed by atoms with Gasteiger partial charge in [-0.05, 0) is 25.0 Å². The fourth-order valence-electron chi connectivity index (χ4n) is 2.32. The molecule has 0 unspecified atom stereocenters. The molecule has 1 amide bonds. The molecule has 0 aliphatic rings. The maximum atomic E-state index is 12.2. The van der Waals surface area contributed by atoms with Gasteiger partial charge < -0.3 is 19.7 Å². The number of carbonyl (C=O) groups excluding carboxylic acids is 1. The number of ether oxygens (including phenoxy) is 2. The van der Waals surface area contributed by atoms with E-state index in [1.165, 1.54) is 0 Å². The first kappa shape index (κ1) is 18.1. The third kappa shape index (κ3) is 5.47. The van der Waals surface area contributed by atoms with E-state index >= 15 is 0 Å². The average Bonchev–Trinajstić information content (AvgIpc) is 2.54. The Morgan fingerprint density at radius 2 is 1.82 bits per heavy atom. The normalized spacial score (nSPS) is 10.2. The molecule has 5 heteroatoms. The molecule has 1 rings (SSSR count). The monoisotopic (exact) mass is 308 g/mol. The van der Waals surface area contributed by atoms with Crippen molar-refractivity contribution in [1.82, 2.24) is 4.90 Å². The number of anilines is 1. The van der Waals surface area contributed by atoms with E-state index in [-0.39, 0.29) is 5.91 Å². The second-order valence-electron chi connectivity index (χ2n) is 5.12. The Bertz CT molecular complexity index is 457. The van der Waals surface area contributed by atoms with Crippen LogP contribution in [0.1, 0.15) is 33.1 Å². The Morgan fingerprint density at radius 3 is 2.36 bits per heavy atom. The molecule has 0 saturated heterocycles. The summed E-state index contributed by atoms with van der Waals surface area (Å²) in [5, 5.41) is 3.26. The lowest BCUT2D eigenvalue weighted by atomic mass is 10.2. The van der Waals surface area contributed by atoms with Crippen LogP contribution in [0.3, 0.4) is 0 Å². The van der Waals surface area contributed by atoms with Gasteiger partial charge in [-0.3, -0.25) is 4.79 Å². The fraction of sp³-hybridized carbons (Fsp3) is 0.588. The highest BCUT2D eigenvalue weighted by molar-refractivity contribution is 5.77. The molecule has 1 aromatic carbocycles. The number of methoxy groups -OCH3 is 2. The minimum atomic E-state index is 0.193. The molecular weight excluding hydrogens is 280 g/mol. The number of hydrogen-bond acceptors (Lipinski definition) is 4. The largest absolute Gasteiger partial charge is 0.497 e. The van der Waals surface area contributed by atoms with Crippen LogP contribution in [0, 0.1) is 0 Å².